The van der Waals surface area contributed by atoms with E-state index in [1.807, 2.05) is 6.92 Å². The molecule has 0 saturated heterocycles. The third-order valence-corrected chi connectivity index (χ3v) is 2.23. The van der Waals surface area contributed by atoms with Gasteiger partial charge in [-0.2, -0.15) is 0 Å². The first-order valence-electron chi connectivity index (χ1n) is 6.19. The van der Waals surface area contributed by atoms with Crippen molar-refractivity contribution < 1.29 is 9.53 Å². The Balaban J connectivity index is 4.47. The molecule has 0 rings (SSSR count). The van der Waals surface area contributed by atoms with Crippen molar-refractivity contribution in [1.82, 2.24) is 0 Å². The molecular formula is C14H28O2. The Morgan fingerprint density at radius 1 is 1.06 bits per heavy atom. The number of carbonyl (C=O) groups is 1. The molecule has 0 bridgehead atoms. The van der Waals surface area contributed by atoms with Crippen LogP contribution in [-0.4, -0.2) is 18.5 Å². The number of carbonyl (C=O) groups excluding carboxylic acids is 1. The van der Waals surface area contributed by atoms with Crippen LogP contribution in [0, 0.1) is 10.8 Å². The van der Waals surface area contributed by atoms with Gasteiger partial charge in [0.15, 0.2) is 5.78 Å². The summed E-state index contributed by atoms with van der Waals surface area (Å²) < 4.78 is 5.58. The maximum atomic E-state index is 12.1. The highest BCUT2D eigenvalue weighted by Crippen LogP contribution is 2.26. The predicted octanol–water partition coefficient (Wildman–Crippen LogP) is 3.83. The van der Waals surface area contributed by atoms with E-state index >= 15 is 0 Å². The number of Topliss-reactive ketones (excluding diaryl/α,β-unsaturated/α-hetero) is 1. The van der Waals surface area contributed by atoms with Crippen LogP contribution in [0.1, 0.15) is 61.3 Å². The molecule has 0 saturated carbocycles. The van der Waals surface area contributed by atoms with Gasteiger partial charge in [0.1, 0.15) is 6.10 Å². The number of hydrogen-bond donors (Lipinski definition) is 0. The fourth-order valence-electron chi connectivity index (χ4n) is 1.66. The van der Waals surface area contributed by atoms with Gasteiger partial charge in [-0.1, -0.05) is 41.5 Å². The molecule has 0 spiro atoms. The van der Waals surface area contributed by atoms with Crippen molar-refractivity contribution in [1.29, 1.82) is 0 Å². The molecule has 1 unspecified atom stereocenters. The topological polar surface area (TPSA) is 26.3 Å². The number of hydrogen-bond acceptors (Lipinski definition) is 2. The molecule has 0 aromatic rings. The number of rotatable bonds is 5. The molecule has 2 nitrogen and oxygen atoms in total. The fourth-order valence-corrected chi connectivity index (χ4v) is 1.66. The summed E-state index contributed by atoms with van der Waals surface area (Å²) in [6.45, 7) is 15.2. The first-order chi connectivity index (χ1) is 7.05. The van der Waals surface area contributed by atoms with E-state index in [9.17, 15) is 4.79 Å². The molecule has 0 radical (unpaired) electrons. The van der Waals surface area contributed by atoms with Crippen LogP contribution in [0.15, 0.2) is 0 Å². The molecule has 0 fully saturated rings. The summed E-state index contributed by atoms with van der Waals surface area (Å²) in [7, 11) is 0. The Bertz CT molecular complexity index is 218. The van der Waals surface area contributed by atoms with Crippen LogP contribution in [0.3, 0.4) is 0 Å². The van der Waals surface area contributed by atoms with E-state index < -0.39 is 0 Å². The van der Waals surface area contributed by atoms with Gasteiger partial charge in [-0.15, -0.1) is 0 Å². The van der Waals surface area contributed by atoms with Crippen LogP contribution in [0.25, 0.3) is 0 Å². The minimum absolute atomic E-state index is 0.0460. The summed E-state index contributed by atoms with van der Waals surface area (Å²) >= 11 is 0. The summed E-state index contributed by atoms with van der Waals surface area (Å²) in [5.74, 6) is 0.240. The molecule has 2 heteroatoms. The molecular weight excluding hydrogens is 200 g/mol. The van der Waals surface area contributed by atoms with Gasteiger partial charge in [-0.3, -0.25) is 4.79 Å². The molecule has 1 atom stereocenters. The van der Waals surface area contributed by atoms with E-state index in [-0.39, 0.29) is 22.7 Å². The minimum Gasteiger partial charge on any atom is -0.371 e. The Kier molecular flexibility index (Phi) is 5.67. The van der Waals surface area contributed by atoms with Crippen molar-refractivity contribution in [3.63, 3.8) is 0 Å². The van der Waals surface area contributed by atoms with Crippen molar-refractivity contribution in [2.24, 2.45) is 10.8 Å². The van der Waals surface area contributed by atoms with Crippen LogP contribution in [0.2, 0.25) is 0 Å². The monoisotopic (exact) mass is 228 g/mol. The molecule has 0 aliphatic heterocycles. The molecule has 0 aromatic heterocycles. The van der Waals surface area contributed by atoms with Gasteiger partial charge >= 0.3 is 0 Å². The van der Waals surface area contributed by atoms with Gasteiger partial charge in [-0.25, -0.2) is 0 Å². The van der Waals surface area contributed by atoms with Crippen molar-refractivity contribution in [2.75, 3.05) is 6.61 Å². The largest absolute Gasteiger partial charge is 0.371 e. The lowest BCUT2D eigenvalue weighted by molar-refractivity contribution is -0.134. The van der Waals surface area contributed by atoms with Gasteiger partial charge in [-0.05, 0) is 24.2 Å². The molecule has 16 heavy (non-hydrogen) atoms. The van der Waals surface area contributed by atoms with Crippen LogP contribution < -0.4 is 0 Å². The van der Waals surface area contributed by atoms with Crippen molar-refractivity contribution >= 4 is 5.78 Å². The summed E-state index contributed by atoms with van der Waals surface area (Å²) in [5.41, 5.74) is 0.178. The summed E-state index contributed by atoms with van der Waals surface area (Å²) in [6.07, 6.45) is 1.16. The van der Waals surface area contributed by atoms with Crippen LogP contribution in [0.4, 0.5) is 0 Å². The quantitative estimate of drug-likeness (QED) is 0.714. The Morgan fingerprint density at radius 3 is 1.88 bits per heavy atom. The number of ketones is 1. The molecule has 0 N–H and O–H groups in total. The van der Waals surface area contributed by atoms with E-state index in [1.165, 1.54) is 0 Å². The second-order valence-corrected chi connectivity index (χ2v) is 6.91. The van der Waals surface area contributed by atoms with Gasteiger partial charge in [0.25, 0.3) is 0 Å². The lowest BCUT2D eigenvalue weighted by atomic mass is 9.83. The molecule has 0 heterocycles. The number of ether oxygens (including phenoxy) is 1. The summed E-state index contributed by atoms with van der Waals surface area (Å²) in [4.78, 5) is 12.1. The van der Waals surface area contributed by atoms with E-state index in [0.29, 0.717) is 13.0 Å². The van der Waals surface area contributed by atoms with Crippen molar-refractivity contribution in [2.45, 2.75) is 67.4 Å². The first kappa shape index (κ1) is 15.6. The molecule has 0 aliphatic rings. The third-order valence-electron chi connectivity index (χ3n) is 2.23. The lowest BCUT2D eigenvalue weighted by Gasteiger charge is -2.27. The second kappa shape index (κ2) is 5.81. The van der Waals surface area contributed by atoms with Gasteiger partial charge in [0.05, 0.1) is 0 Å². The van der Waals surface area contributed by atoms with Crippen molar-refractivity contribution in [3.05, 3.63) is 0 Å². The lowest BCUT2D eigenvalue weighted by Crippen LogP contribution is -2.31. The van der Waals surface area contributed by atoms with E-state index in [1.54, 1.807) is 0 Å². The van der Waals surface area contributed by atoms with Crippen molar-refractivity contribution in [3.8, 4) is 0 Å². The Hall–Kier alpha value is -0.370. The highest BCUT2D eigenvalue weighted by molar-refractivity contribution is 5.83. The second-order valence-electron chi connectivity index (χ2n) is 6.91. The Labute approximate surface area is 101 Å². The normalized spacial score (nSPS) is 14.9. The molecule has 96 valence electrons. The zero-order chi connectivity index (χ0) is 13.0. The minimum atomic E-state index is -0.232. The van der Waals surface area contributed by atoms with E-state index in [2.05, 4.69) is 41.5 Å². The average molecular weight is 228 g/mol. The van der Waals surface area contributed by atoms with E-state index in [4.69, 9.17) is 4.74 Å². The van der Waals surface area contributed by atoms with Crippen LogP contribution >= 0.6 is 0 Å². The Morgan fingerprint density at radius 2 is 1.56 bits per heavy atom. The van der Waals surface area contributed by atoms with E-state index in [0.717, 1.165) is 6.42 Å². The van der Waals surface area contributed by atoms with Gasteiger partial charge < -0.3 is 4.74 Å². The van der Waals surface area contributed by atoms with Gasteiger partial charge in [0.2, 0.25) is 0 Å². The molecule has 0 aromatic carbocycles. The SMILES string of the molecule is CCOC(CC(C)(C)C)C(=O)CC(C)(C)C. The van der Waals surface area contributed by atoms with Gasteiger partial charge in [0, 0.05) is 13.0 Å². The average Bonchev–Trinajstić information content (AvgIpc) is 1.97. The highest BCUT2D eigenvalue weighted by atomic mass is 16.5. The van der Waals surface area contributed by atoms with Crippen LogP contribution in [-0.2, 0) is 9.53 Å². The maximum Gasteiger partial charge on any atom is 0.162 e. The smallest absolute Gasteiger partial charge is 0.162 e. The predicted molar refractivity (Wildman–Crippen MR) is 68.6 cm³/mol. The first-order valence-corrected chi connectivity index (χ1v) is 6.19. The third kappa shape index (κ3) is 7.86. The zero-order valence-corrected chi connectivity index (χ0v) is 12.0. The summed E-state index contributed by atoms with van der Waals surface area (Å²) in [6, 6.07) is 0. The highest BCUT2D eigenvalue weighted by Gasteiger charge is 2.28. The van der Waals surface area contributed by atoms with Crippen LogP contribution in [0.5, 0.6) is 0 Å². The summed E-state index contributed by atoms with van der Waals surface area (Å²) in [5, 5.41) is 0. The standard InChI is InChI=1S/C14H28O2/c1-8-16-12(10-14(5,6)7)11(15)9-13(2,3)4/h12H,8-10H2,1-7H3. The fraction of sp³-hybridized carbons (Fsp3) is 0.929. The maximum absolute atomic E-state index is 12.1. The molecule has 0 aliphatic carbocycles. The molecule has 0 amide bonds. The zero-order valence-electron chi connectivity index (χ0n) is 12.0.